The van der Waals surface area contributed by atoms with Crippen molar-refractivity contribution in [1.82, 2.24) is 19.9 Å². The first-order chi connectivity index (χ1) is 11.6. The Labute approximate surface area is 139 Å². The van der Waals surface area contributed by atoms with Crippen LogP contribution in [0.2, 0.25) is 0 Å². The lowest BCUT2D eigenvalue weighted by molar-refractivity contribution is 0.237. The topological polar surface area (TPSA) is 77.9 Å². The van der Waals surface area contributed by atoms with Crippen molar-refractivity contribution in [1.29, 1.82) is 0 Å². The summed E-state index contributed by atoms with van der Waals surface area (Å²) < 4.78 is 5.36. The molecule has 0 amide bonds. The Kier molecular flexibility index (Phi) is 3.61. The van der Waals surface area contributed by atoms with Gasteiger partial charge in [0.15, 0.2) is 11.6 Å². The molecule has 0 bridgehead atoms. The molecule has 24 heavy (non-hydrogen) atoms. The van der Waals surface area contributed by atoms with Crippen molar-refractivity contribution >= 4 is 0 Å². The minimum absolute atomic E-state index is 0.0575. The molecule has 2 N–H and O–H groups in total. The summed E-state index contributed by atoms with van der Waals surface area (Å²) in [5.41, 5.74) is 5.26. The van der Waals surface area contributed by atoms with Gasteiger partial charge in [0.05, 0.1) is 12.0 Å². The van der Waals surface area contributed by atoms with Crippen molar-refractivity contribution < 1.29 is 4.42 Å². The number of nitrogens with one attached hydrogen (secondary N) is 2. The highest BCUT2D eigenvalue weighted by Gasteiger charge is 2.22. The lowest BCUT2D eigenvalue weighted by Gasteiger charge is -2.27. The van der Waals surface area contributed by atoms with Crippen LogP contribution in [-0.4, -0.2) is 26.4 Å². The van der Waals surface area contributed by atoms with Gasteiger partial charge in [0, 0.05) is 36.6 Å². The standard InChI is InChI=1S/C18H20N4O2/c1-11-8-12(2)19-14(11)9-22-6-5-13-15(10-22)20-17(21-18(13)23)16-4-3-7-24-16/h3-4,7-8,19H,5-6,9-10H2,1-2H3,(H,20,21,23). The monoisotopic (exact) mass is 324 g/mol. The summed E-state index contributed by atoms with van der Waals surface area (Å²) in [6.45, 7) is 6.55. The molecule has 0 saturated carbocycles. The molecule has 0 aromatic carbocycles. The van der Waals surface area contributed by atoms with Crippen LogP contribution in [0.1, 0.15) is 28.2 Å². The number of rotatable bonds is 3. The zero-order valence-electron chi connectivity index (χ0n) is 13.8. The summed E-state index contributed by atoms with van der Waals surface area (Å²) >= 11 is 0. The van der Waals surface area contributed by atoms with Gasteiger partial charge in [-0.25, -0.2) is 4.98 Å². The SMILES string of the molecule is Cc1cc(C)c(CN2CCc3c(nc(-c4ccco4)[nH]c3=O)C2)[nH]1. The van der Waals surface area contributed by atoms with Crippen LogP contribution in [0.5, 0.6) is 0 Å². The fraction of sp³-hybridized carbons (Fsp3) is 0.333. The van der Waals surface area contributed by atoms with Gasteiger partial charge in [-0.1, -0.05) is 0 Å². The van der Waals surface area contributed by atoms with E-state index in [0.717, 1.165) is 30.8 Å². The maximum atomic E-state index is 12.3. The zero-order chi connectivity index (χ0) is 16.7. The molecule has 0 radical (unpaired) electrons. The molecule has 1 aliphatic rings. The first kappa shape index (κ1) is 15.0. The summed E-state index contributed by atoms with van der Waals surface area (Å²) in [6, 6.07) is 5.75. The van der Waals surface area contributed by atoms with Gasteiger partial charge in [-0.2, -0.15) is 0 Å². The smallest absolute Gasteiger partial charge is 0.254 e. The normalized spacial score (nSPS) is 14.8. The van der Waals surface area contributed by atoms with Crippen LogP contribution >= 0.6 is 0 Å². The van der Waals surface area contributed by atoms with E-state index in [1.807, 2.05) is 0 Å². The molecule has 6 heteroatoms. The average Bonchev–Trinajstić information content (AvgIpc) is 3.17. The number of hydrogen-bond donors (Lipinski definition) is 2. The van der Waals surface area contributed by atoms with Crippen LogP contribution in [0.3, 0.4) is 0 Å². The van der Waals surface area contributed by atoms with Gasteiger partial charge in [-0.05, 0) is 44.0 Å². The number of aryl methyl sites for hydroxylation is 2. The summed E-state index contributed by atoms with van der Waals surface area (Å²) in [4.78, 5) is 25.5. The molecule has 4 heterocycles. The largest absolute Gasteiger partial charge is 0.461 e. The molecule has 6 nitrogen and oxygen atoms in total. The number of H-pyrrole nitrogens is 2. The van der Waals surface area contributed by atoms with Crippen LogP contribution in [-0.2, 0) is 19.5 Å². The van der Waals surface area contributed by atoms with Crippen LogP contribution in [0.15, 0.2) is 33.7 Å². The highest BCUT2D eigenvalue weighted by atomic mass is 16.3. The van der Waals surface area contributed by atoms with E-state index in [9.17, 15) is 4.79 Å². The molecule has 3 aromatic heterocycles. The molecule has 0 unspecified atom stereocenters. The number of hydrogen-bond acceptors (Lipinski definition) is 4. The van der Waals surface area contributed by atoms with E-state index in [1.54, 1.807) is 18.4 Å². The summed E-state index contributed by atoms with van der Waals surface area (Å²) in [7, 11) is 0. The van der Waals surface area contributed by atoms with Gasteiger partial charge in [0.1, 0.15) is 0 Å². The highest BCUT2D eigenvalue weighted by molar-refractivity contribution is 5.47. The van der Waals surface area contributed by atoms with Gasteiger partial charge < -0.3 is 14.4 Å². The Morgan fingerprint density at radius 3 is 2.92 bits per heavy atom. The van der Waals surface area contributed by atoms with E-state index in [0.29, 0.717) is 18.1 Å². The fourth-order valence-electron chi connectivity index (χ4n) is 3.33. The molecule has 0 spiro atoms. The van der Waals surface area contributed by atoms with Crippen LogP contribution < -0.4 is 5.56 Å². The Morgan fingerprint density at radius 1 is 1.33 bits per heavy atom. The predicted molar refractivity (Wildman–Crippen MR) is 90.6 cm³/mol. The van der Waals surface area contributed by atoms with E-state index >= 15 is 0 Å². The molecular formula is C18H20N4O2. The zero-order valence-corrected chi connectivity index (χ0v) is 13.8. The minimum atomic E-state index is -0.0575. The first-order valence-corrected chi connectivity index (χ1v) is 8.13. The molecule has 3 aromatic rings. The van der Waals surface area contributed by atoms with Gasteiger partial charge in [0.25, 0.3) is 5.56 Å². The van der Waals surface area contributed by atoms with Gasteiger partial charge in [0.2, 0.25) is 0 Å². The van der Waals surface area contributed by atoms with Crippen molar-refractivity contribution in [2.75, 3.05) is 6.54 Å². The third-order valence-electron chi connectivity index (χ3n) is 4.55. The maximum absolute atomic E-state index is 12.3. The number of aromatic amines is 2. The Balaban J connectivity index is 1.62. The Morgan fingerprint density at radius 2 is 2.21 bits per heavy atom. The predicted octanol–water partition coefficient (Wildman–Crippen LogP) is 2.53. The molecular weight excluding hydrogens is 304 g/mol. The molecule has 124 valence electrons. The second-order valence-corrected chi connectivity index (χ2v) is 6.39. The van der Waals surface area contributed by atoms with E-state index in [2.05, 4.69) is 39.8 Å². The average molecular weight is 324 g/mol. The first-order valence-electron chi connectivity index (χ1n) is 8.13. The van der Waals surface area contributed by atoms with Crippen molar-refractivity contribution in [3.8, 4) is 11.6 Å². The highest BCUT2D eigenvalue weighted by Crippen LogP contribution is 2.21. The number of fused-ring (bicyclic) bond motifs is 1. The summed E-state index contributed by atoms with van der Waals surface area (Å²) in [6.07, 6.45) is 2.30. The molecule has 4 rings (SSSR count). The molecule has 1 aliphatic heterocycles. The lowest BCUT2D eigenvalue weighted by Crippen LogP contribution is -2.35. The number of nitrogens with zero attached hydrogens (tertiary/aromatic N) is 2. The van der Waals surface area contributed by atoms with E-state index < -0.39 is 0 Å². The molecule has 0 saturated heterocycles. The van der Waals surface area contributed by atoms with Crippen LogP contribution in [0.25, 0.3) is 11.6 Å². The van der Waals surface area contributed by atoms with Crippen LogP contribution in [0, 0.1) is 13.8 Å². The second kappa shape index (κ2) is 5.79. The van der Waals surface area contributed by atoms with E-state index in [-0.39, 0.29) is 5.56 Å². The van der Waals surface area contributed by atoms with Gasteiger partial charge in [-0.3, -0.25) is 9.69 Å². The number of aromatic nitrogens is 3. The van der Waals surface area contributed by atoms with E-state index in [4.69, 9.17) is 4.42 Å². The van der Waals surface area contributed by atoms with Crippen molar-refractivity contribution in [3.05, 3.63) is 63.0 Å². The van der Waals surface area contributed by atoms with Crippen molar-refractivity contribution in [2.45, 2.75) is 33.4 Å². The summed E-state index contributed by atoms with van der Waals surface area (Å²) in [5.74, 6) is 1.08. The second-order valence-electron chi connectivity index (χ2n) is 6.39. The Hall–Kier alpha value is -2.60. The molecule has 0 fully saturated rings. The molecule has 0 atom stereocenters. The van der Waals surface area contributed by atoms with Gasteiger partial charge >= 0.3 is 0 Å². The fourth-order valence-corrected chi connectivity index (χ4v) is 3.33. The van der Waals surface area contributed by atoms with Crippen molar-refractivity contribution in [3.63, 3.8) is 0 Å². The lowest BCUT2D eigenvalue weighted by atomic mass is 10.1. The maximum Gasteiger partial charge on any atom is 0.254 e. The third-order valence-corrected chi connectivity index (χ3v) is 4.55. The summed E-state index contributed by atoms with van der Waals surface area (Å²) in [5, 5.41) is 0. The minimum Gasteiger partial charge on any atom is -0.461 e. The number of furan rings is 1. The quantitative estimate of drug-likeness (QED) is 0.776. The molecule has 0 aliphatic carbocycles. The van der Waals surface area contributed by atoms with Crippen LogP contribution in [0.4, 0.5) is 0 Å². The third kappa shape index (κ3) is 2.69. The van der Waals surface area contributed by atoms with Crippen molar-refractivity contribution in [2.24, 2.45) is 0 Å². The Bertz CT molecular complexity index is 921. The van der Waals surface area contributed by atoms with Gasteiger partial charge in [-0.15, -0.1) is 0 Å². The van der Waals surface area contributed by atoms with E-state index in [1.165, 1.54) is 17.0 Å².